The fourth-order valence-corrected chi connectivity index (χ4v) is 4.81. The molecule has 2 N–H and O–H groups in total. The number of para-hydroxylation sites is 1. The van der Waals surface area contributed by atoms with E-state index in [9.17, 15) is 18.8 Å². The summed E-state index contributed by atoms with van der Waals surface area (Å²) in [6.45, 7) is 1.76. The summed E-state index contributed by atoms with van der Waals surface area (Å²) in [4.78, 5) is 43.0. The molecule has 1 fully saturated rings. The van der Waals surface area contributed by atoms with Gasteiger partial charge in [0.05, 0.1) is 22.3 Å². The summed E-state index contributed by atoms with van der Waals surface area (Å²) in [6, 6.07) is 17.8. The van der Waals surface area contributed by atoms with Crippen LogP contribution in [0.4, 0.5) is 15.8 Å². The van der Waals surface area contributed by atoms with Crippen LogP contribution < -0.4 is 16.2 Å². The highest BCUT2D eigenvalue weighted by atomic mass is 19.1. The van der Waals surface area contributed by atoms with E-state index in [0.29, 0.717) is 33.7 Å². The zero-order valence-electron chi connectivity index (χ0n) is 20.5. The Labute approximate surface area is 213 Å². The Morgan fingerprint density at radius 3 is 2.43 bits per heavy atom. The fraction of sp³-hybridized carbons (Fsp3) is 0.241. The smallest absolute Gasteiger partial charge is 0.265 e. The van der Waals surface area contributed by atoms with Gasteiger partial charge in [-0.3, -0.25) is 19.0 Å². The Hall–Kier alpha value is -4.33. The predicted molar refractivity (Wildman–Crippen MR) is 142 cm³/mol. The van der Waals surface area contributed by atoms with Crippen molar-refractivity contribution in [2.45, 2.75) is 39.0 Å². The predicted octanol–water partition coefficient (Wildman–Crippen LogP) is 5.60. The van der Waals surface area contributed by atoms with Gasteiger partial charge >= 0.3 is 0 Å². The summed E-state index contributed by atoms with van der Waals surface area (Å²) in [5.41, 5.74) is 1.80. The van der Waals surface area contributed by atoms with Gasteiger partial charge in [-0.05, 0) is 74.4 Å². The molecule has 3 aromatic carbocycles. The van der Waals surface area contributed by atoms with Gasteiger partial charge in [-0.2, -0.15) is 0 Å². The van der Waals surface area contributed by atoms with Crippen LogP contribution in [-0.2, 0) is 4.79 Å². The third kappa shape index (κ3) is 5.14. The summed E-state index contributed by atoms with van der Waals surface area (Å²) in [7, 11) is 0. The molecular formula is C29H27FN4O3. The van der Waals surface area contributed by atoms with E-state index in [2.05, 4.69) is 15.6 Å². The van der Waals surface area contributed by atoms with Crippen molar-refractivity contribution in [2.75, 3.05) is 10.6 Å². The van der Waals surface area contributed by atoms with Crippen LogP contribution in [0.3, 0.4) is 0 Å². The fourth-order valence-electron chi connectivity index (χ4n) is 4.81. The number of carbonyl (C=O) groups excluding carboxylic acids is 2. The summed E-state index contributed by atoms with van der Waals surface area (Å²) in [6.07, 6.45) is 4.74. The Bertz CT molecular complexity index is 1540. The molecule has 7 nitrogen and oxygen atoms in total. The quantitative estimate of drug-likeness (QED) is 0.374. The van der Waals surface area contributed by atoms with Crippen molar-refractivity contribution in [2.24, 2.45) is 5.92 Å². The second-order valence-corrected chi connectivity index (χ2v) is 9.34. The Morgan fingerprint density at radius 2 is 1.68 bits per heavy atom. The van der Waals surface area contributed by atoms with Gasteiger partial charge in [0, 0.05) is 17.2 Å². The topological polar surface area (TPSA) is 93.1 Å². The van der Waals surface area contributed by atoms with E-state index in [4.69, 9.17) is 0 Å². The number of carbonyl (C=O) groups is 2. The number of nitrogens with zero attached hydrogens (tertiary/aromatic N) is 2. The molecule has 1 aliphatic carbocycles. The Balaban J connectivity index is 1.32. The van der Waals surface area contributed by atoms with E-state index in [1.807, 2.05) is 6.07 Å². The number of rotatable bonds is 5. The van der Waals surface area contributed by atoms with Crippen molar-refractivity contribution < 1.29 is 14.0 Å². The van der Waals surface area contributed by atoms with Gasteiger partial charge in [0.1, 0.15) is 11.6 Å². The average molecular weight is 499 g/mol. The lowest BCUT2D eigenvalue weighted by Crippen LogP contribution is -2.25. The van der Waals surface area contributed by atoms with Gasteiger partial charge in [-0.15, -0.1) is 0 Å². The highest BCUT2D eigenvalue weighted by Gasteiger charge is 2.22. The molecule has 0 saturated heterocycles. The number of amides is 2. The second kappa shape index (κ2) is 10.3. The molecule has 8 heteroatoms. The van der Waals surface area contributed by atoms with Crippen molar-refractivity contribution >= 4 is 34.1 Å². The third-order valence-electron chi connectivity index (χ3n) is 6.79. The number of aromatic nitrogens is 2. The standard InChI is InChI=1S/C29H27FN4O3/c1-18-31-25-10-6-5-9-23(25)29(37)34(18)22-14-11-20(12-15-22)27(35)32-21-13-16-24(30)26(17-21)33-28(36)19-7-3-2-4-8-19/h5-6,9-17,19H,2-4,7-8H2,1H3,(H,32,35)(H,33,36). The lowest BCUT2D eigenvalue weighted by molar-refractivity contribution is -0.120. The lowest BCUT2D eigenvalue weighted by Gasteiger charge is -2.21. The first-order valence-electron chi connectivity index (χ1n) is 12.4. The van der Waals surface area contributed by atoms with Crippen LogP contribution in [0.15, 0.2) is 71.5 Å². The van der Waals surface area contributed by atoms with E-state index < -0.39 is 11.7 Å². The molecule has 0 bridgehead atoms. The number of hydrogen-bond acceptors (Lipinski definition) is 4. The van der Waals surface area contributed by atoms with Crippen molar-refractivity contribution in [3.8, 4) is 5.69 Å². The number of halogens is 1. The Kier molecular flexibility index (Phi) is 6.81. The van der Waals surface area contributed by atoms with Gasteiger partial charge < -0.3 is 10.6 Å². The van der Waals surface area contributed by atoms with Gasteiger partial charge in [-0.1, -0.05) is 31.4 Å². The van der Waals surface area contributed by atoms with E-state index in [-0.39, 0.29) is 23.1 Å². The summed E-state index contributed by atoms with van der Waals surface area (Å²) < 4.78 is 15.9. The molecule has 0 unspecified atom stereocenters. The van der Waals surface area contributed by atoms with Gasteiger partial charge in [0.2, 0.25) is 5.91 Å². The van der Waals surface area contributed by atoms with Crippen LogP contribution in [-0.4, -0.2) is 21.4 Å². The number of anilines is 2. The number of aryl methyl sites for hydroxylation is 1. The molecule has 1 aliphatic rings. The minimum absolute atomic E-state index is 0.0439. The molecule has 2 amide bonds. The minimum atomic E-state index is -0.559. The first kappa shape index (κ1) is 24.4. The molecule has 0 radical (unpaired) electrons. The molecule has 0 atom stereocenters. The summed E-state index contributed by atoms with van der Waals surface area (Å²) in [5, 5.41) is 5.94. The molecule has 1 saturated carbocycles. The van der Waals surface area contributed by atoms with Crippen LogP contribution in [0.5, 0.6) is 0 Å². The molecule has 1 aromatic heterocycles. The molecule has 1 heterocycles. The van der Waals surface area contributed by atoms with Crippen molar-refractivity contribution in [3.05, 3.63) is 94.3 Å². The largest absolute Gasteiger partial charge is 0.323 e. The summed E-state index contributed by atoms with van der Waals surface area (Å²) >= 11 is 0. The maximum absolute atomic E-state index is 14.4. The second-order valence-electron chi connectivity index (χ2n) is 9.34. The first-order chi connectivity index (χ1) is 17.9. The third-order valence-corrected chi connectivity index (χ3v) is 6.79. The van der Waals surface area contributed by atoms with Crippen LogP contribution in [0.1, 0.15) is 48.3 Å². The Morgan fingerprint density at radius 1 is 0.946 bits per heavy atom. The maximum Gasteiger partial charge on any atom is 0.265 e. The van der Waals surface area contributed by atoms with Crippen molar-refractivity contribution in [1.29, 1.82) is 0 Å². The van der Waals surface area contributed by atoms with Crippen molar-refractivity contribution in [1.82, 2.24) is 9.55 Å². The zero-order chi connectivity index (χ0) is 25.9. The summed E-state index contributed by atoms with van der Waals surface area (Å²) in [5.74, 6) is -0.722. The van der Waals surface area contributed by atoms with E-state index in [1.165, 1.54) is 22.8 Å². The molecule has 37 heavy (non-hydrogen) atoms. The number of benzene rings is 3. The van der Waals surface area contributed by atoms with Crippen molar-refractivity contribution in [3.63, 3.8) is 0 Å². The molecular weight excluding hydrogens is 471 g/mol. The highest BCUT2D eigenvalue weighted by Crippen LogP contribution is 2.27. The molecule has 5 rings (SSSR count). The van der Waals surface area contributed by atoms with Crippen LogP contribution in [0, 0.1) is 18.7 Å². The van der Waals surface area contributed by atoms with Gasteiger partial charge in [0.15, 0.2) is 0 Å². The van der Waals surface area contributed by atoms with E-state index in [1.54, 1.807) is 49.4 Å². The lowest BCUT2D eigenvalue weighted by atomic mass is 9.88. The zero-order valence-corrected chi connectivity index (χ0v) is 20.5. The molecule has 0 aliphatic heterocycles. The van der Waals surface area contributed by atoms with Gasteiger partial charge in [-0.25, -0.2) is 9.37 Å². The van der Waals surface area contributed by atoms with Gasteiger partial charge in [0.25, 0.3) is 11.5 Å². The van der Waals surface area contributed by atoms with E-state index in [0.717, 1.165) is 32.1 Å². The van der Waals surface area contributed by atoms with Crippen LogP contribution in [0.2, 0.25) is 0 Å². The molecule has 0 spiro atoms. The minimum Gasteiger partial charge on any atom is -0.323 e. The average Bonchev–Trinajstić information content (AvgIpc) is 2.91. The SMILES string of the molecule is Cc1nc2ccccc2c(=O)n1-c1ccc(C(=O)Nc2ccc(F)c(NC(=O)C3CCCCC3)c2)cc1. The maximum atomic E-state index is 14.4. The van der Waals surface area contributed by atoms with E-state index >= 15 is 0 Å². The van der Waals surface area contributed by atoms with Crippen LogP contribution >= 0.6 is 0 Å². The highest BCUT2D eigenvalue weighted by molar-refractivity contribution is 6.05. The van der Waals surface area contributed by atoms with Crippen LogP contribution in [0.25, 0.3) is 16.6 Å². The monoisotopic (exact) mass is 498 g/mol. The number of fused-ring (bicyclic) bond motifs is 1. The normalized spacial score (nSPS) is 13.9. The molecule has 188 valence electrons. The first-order valence-corrected chi connectivity index (χ1v) is 12.4. The number of hydrogen-bond donors (Lipinski definition) is 2. The number of nitrogens with one attached hydrogen (secondary N) is 2. The molecule has 4 aromatic rings.